The molecule has 1 aliphatic carbocycles. The number of hydrogen-bond donors (Lipinski definition) is 0. The molecule has 3 aromatic rings. The zero-order valence-corrected chi connectivity index (χ0v) is 16.0. The van der Waals surface area contributed by atoms with Crippen LogP contribution in [0.15, 0.2) is 15.5 Å². The van der Waals surface area contributed by atoms with E-state index >= 15 is 0 Å². The average molecular weight is 374 g/mol. The van der Waals surface area contributed by atoms with Gasteiger partial charge in [-0.15, -0.1) is 11.3 Å². The van der Waals surface area contributed by atoms with Crippen molar-refractivity contribution in [1.82, 2.24) is 9.97 Å². The van der Waals surface area contributed by atoms with Crippen molar-refractivity contribution in [3.8, 4) is 0 Å². The minimum atomic E-state index is -0.367. The molecule has 7 heteroatoms. The second kappa shape index (κ2) is 6.46. The number of rotatable bonds is 4. The Labute approximate surface area is 153 Å². The Morgan fingerprint density at radius 2 is 2.20 bits per heavy atom. The highest BCUT2D eigenvalue weighted by Crippen LogP contribution is 2.41. The summed E-state index contributed by atoms with van der Waals surface area (Å²) in [5, 5.41) is 2.22. The highest BCUT2D eigenvalue weighted by Gasteiger charge is 2.22. The van der Waals surface area contributed by atoms with E-state index in [0.29, 0.717) is 17.1 Å². The van der Waals surface area contributed by atoms with Crippen molar-refractivity contribution >= 4 is 39.3 Å². The smallest absolute Gasteiger partial charge is 0.341 e. The lowest BCUT2D eigenvalue weighted by atomic mass is 10.2. The number of ether oxygens (including phenoxy) is 1. The quantitative estimate of drug-likeness (QED) is 0.381. The molecule has 0 spiro atoms. The molecule has 1 aliphatic rings. The van der Waals surface area contributed by atoms with Gasteiger partial charge >= 0.3 is 5.97 Å². The highest BCUT2D eigenvalue weighted by atomic mass is 32.2. The van der Waals surface area contributed by atoms with Crippen molar-refractivity contribution in [2.24, 2.45) is 0 Å². The molecule has 4 rings (SSSR count). The maximum atomic E-state index is 11.7. The number of fused-ring (bicyclic) bond motifs is 3. The fraction of sp³-hybridized carbons (Fsp3) is 0.389. The van der Waals surface area contributed by atoms with Crippen molar-refractivity contribution < 1.29 is 13.9 Å². The van der Waals surface area contributed by atoms with Gasteiger partial charge in [0.1, 0.15) is 32.8 Å². The summed E-state index contributed by atoms with van der Waals surface area (Å²) in [6, 6.07) is 1.76. The van der Waals surface area contributed by atoms with Crippen LogP contribution in [0, 0.1) is 13.8 Å². The molecule has 130 valence electrons. The minimum absolute atomic E-state index is 0.367. The van der Waals surface area contributed by atoms with E-state index < -0.39 is 0 Å². The van der Waals surface area contributed by atoms with E-state index in [2.05, 4.69) is 9.97 Å². The Kier molecular flexibility index (Phi) is 4.29. The maximum Gasteiger partial charge on any atom is 0.341 e. The molecule has 0 saturated carbocycles. The molecule has 0 fully saturated rings. The number of aryl methyl sites for hydroxylation is 4. The Morgan fingerprint density at radius 1 is 1.36 bits per heavy atom. The van der Waals surface area contributed by atoms with Crippen molar-refractivity contribution in [1.29, 1.82) is 0 Å². The minimum Gasteiger partial charge on any atom is -0.465 e. The van der Waals surface area contributed by atoms with E-state index in [-0.39, 0.29) is 5.97 Å². The average Bonchev–Trinajstić information content (AvgIpc) is 3.25. The number of thioether (sulfide) groups is 1. The van der Waals surface area contributed by atoms with Crippen LogP contribution in [-0.4, -0.2) is 23.0 Å². The van der Waals surface area contributed by atoms with Crippen LogP contribution in [0.2, 0.25) is 0 Å². The topological polar surface area (TPSA) is 65.2 Å². The molecule has 0 N–H and O–H groups in total. The van der Waals surface area contributed by atoms with Gasteiger partial charge in [-0.3, -0.25) is 0 Å². The molecule has 0 unspecified atom stereocenters. The number of nitrogens with zero attached hydrogens (tertiary/aromatic N) is 2. The molecule has 0 bridgehead atoms. The number of furan rings is 1. The first kappa shape index (κ1) is 16.6. The molecule has 0 aliphatic heterocycles. The lowest BCUT2D eigenvalue weighted by Gasteiger charge is -2.04. The third-order valence-electron chi connectivity index (χ3n) is 4.37. The molecular weight excluding hydrogens is 356 g/mol. The van der Waals surface area contributed by atoms with Crippen LogP contribution in [0.5, 0.6) is 0 Å². The zero-order chi connectivity index (χ0) is 17.6. The van der Waals surface area contributed by atoms with Gasteiger partial charge in [0.15, 0.2) is 0 Å². The normalized spacial score (nSPS) is 13.4. The number of aromatic nitrogens is 2. The Balaban J connectivity index is 1.64. The number of methoxy groups -OCH3 is 1. The molecular formula is C18H18N2O3S2. The van der Waals surface area contributed by atoms with Crippen molar-refractivity contribution in [3.05, 3.63) is 39.4 Å². The lowest BCUT2D eigenvalue weighted by Crippen LogP contribution is -2.00. The highest BCUT2D eigenvalue weighted by molar-refractivity contribution is 7.98. The zero-order valence-electron chi connectivity index (χ0n) is 14.3. The molecule has 0 atom stereocenters. The predicted molar refractivity (Wildman–Crippen MR) is 98.5 cm³/mol. The molecule has 0 amide bonds. The van der Waals surface area contributed by atoms with Crippen LogP contribution in [0.3, 0.4) is 0 Å². The van der Waals surface area contributed by atoms with Crippen molar-refractivity contribution in [2.75, 3.05) is 7.11 Å². The summed E-state index contributed by atoms with van der Waals surface area (Å²) >= 11 is 3.44. The van der Waals surface area contributed by atoms with E-state index in [0.717, 1.165) is 34.3 Å². The van der Waals surface area contributed by atoms with Gasteiger partial charge in [-0.1, -0.05) is 11.8 Å². The van der Waals surface area contributed by atoms with Gasteiger partial charge in [-0.25, -0.2) is 14.8 Å². The van der Waals surface area contributed by atoms with E-state index in [9.17, 15) is 4.79 Å². The summed E-state index contributed by atoms with van der Waals surface area (Å²) in [6.07, 6.45) is 3.48. The first-order valence-corrected chi connectivity index (χ1v) is 9.96. The summed E-state index contributed by atoms with van der Waals surface area (Å²) < 4.78 is 10.5. The van der Waals surface area contributed by atoms with Gasteiger partial charge < -0.3 is 9.15 Å². The fourth-order valence-corrected chi connectivity index (χ4v) is 5.59. The largest absolute Gasteiger partial charge is 0.465 e. The number of thiophene rings is 1. The standard InChI is InChI=1S/C18H18N2O3S2/c1-9-13(18(21)22-3)7-11(23-9)8-24-16-15-12-5-4-6-14(12)25-17(15)20-10(2)19-16/h7H,4-6,8H2,1-3H3. The molecule has 25 heavy (non-hydrogen) atoms. The molecule has 3 heterocycles. The van der Waals surface area contributed by atoms with Gasteiger partial charge in [0.25, 0.3) is 0 Å². The third kappa shape index (κ3) is 2.95. The lowest BCUT2D eigenvalue weighted by molar-refractivity contribution is 0.0599. The predicted octanol–water partition coefficient (Wildman–Crippen LogP) is 4.47. The molecule has 0 saturated heterocycles. The van der Waals surface area contributed by atoms with Crippen LogP contribution >= 0.6 is 23.1 Å². The van der Waals surface area contributed by atoms with Gasteiger partial charge in [0, 0.05) is 10.3 Å². The number of hydrogen-bond acceptors (Lipinski definition) is 7. The fourth-order valence-electron chi connectivity index (χ4n) is 3.24. The number of carbonyl (C=O) groups is 1. The molecule has 0 radical (unpaired) electrons. The van der Waals surface area contributed by atoms with Crippen molar-refractivity contribution in [2.45, 2.75) is 43.9 Å². The Bertz CT molecular complexity index is 975. The second-order valence-electron chi connectivity index (χ2n) is 6.08. The Hall–Kier alpha value is -1.86. The van der Waals surface area contributed by atoms with Gasteiger partial charge in [0.2, 0.25) is 0 Å². The molecule has 0 aromatic carbocycles. The van der Waals surface area contributed by atoms with Gasteiger partial charge in [0.05, 0.1) is 12.9 Å². The van der Waals surface area contributed by atoms with E-state index in [4.69, 9.17) is 9.15 Å². The van der Waals surface area contributed by atoms with Gasteiger partial charge in [-0.2, -0.15) is 0 Å². The summed E-state index contributed by atoms with van der Waals surface area (Å²) in [5.41, 5.74) is 1.91. The van der Waals surface area contributed by atoms with E-state index in [1.54, 1.807) is 36.1 Å². The van der Waals surface area contributed by atoms with Crippen LogP contribution in [-0.2, 0) is 23.3 Å². The number of esters is 1. The van der Waals surface area contributed by atoms with Crippen LogP contribution < -0.4 is 0 Å². The summed E-state index contributed by atoms with van der Waals surface area (Å²) in [6.45, 7) is 3.71. The SMILES string of the molecule is COC(=O)c1cc(CSc2nc(C)nc3sc4c(c23)CCC4)oc1C. The van der Waals surface area contributed by atoms with E-state index in [1.165, 1.54) is 29.4 Å². The first-order chi connectivity index (χ1) is 12.1. The third-order valence-corrected chi connectivity index (χ3v) is 6.55. The second-order valence-corrected chi connectivity index (χ2v) is 8.12. The maximum absolute atomic E-state index is 11.7. The van der Waals surface area contributed by atoms with Gasteiger partial charge in [-0.05, 0) is 44.7 Å². The van der Waals surface area contributed by atoms with Crippen LogP contribution in [0.4, 0.5) is 0 Å². The van der Waals surface area contributed by atoms with Crippen LogP contribution in [0.1, 0.15) is 44.6 Å². The van der Waals surface area contributed by atoms with Crippen molar-refractivity contribution in [3.63, 3.8) is 0 Å². The molecule has 3 aromatic heterocycles. The summed E-state index contributed by atoms with van der Waals surface area (Å²) in [7, 11) is 1.38. The Morgan fingerprint density at radius 3 is 3.00 bits per heavy atom. The summed E-state index contributed by atoms with van der Waals surface area (Å²) in [4.78, 5) is 23.6. The first-order valence-electron chi connectivity index (χ1n) is 8.16. The van der Waals surface area contributed by atoms with Crippen LogP contribution in [0.25, 0.3) is 10.2 Å². The monoisotopic (exact) mass is 374 g/mol. The molecule has 5 nitrogen and oxygen atoms in total. The summed E-state index contributed by atoms with van der Waals surface area (Å²) in [5.74, 6) is 2.38. The number of carbonyl (C=O) groups excluding carboxylic acids is 1. The van der Waals surface area contributed by atoms with E-state index in [1.807, 2.05) is 6.92 Å².